The molecular weight excluding hydrogens is 499 g/mol. The summed E-state index contributed by atoms with van der Waals surface area (Å²) >= 11 is 13.1. The number of aromatic nitrogens is 1. The van der Waals surface area contributed by atoms with E-state index < -0.39 is 18.0 Å². The van der Waals surface area contributed by atoms with Gasteiger partial charge in [-0.3, -0.25) is 9.69 Å². The highest BCUT2D eigenvalue weighted by molar-refractivity contribution is 6.38. The molecule has 1 unspecified atom stereocenters. The summed E-state index contributed by atoms with van der Waals surface area (Å²) in [5, 5.41) is 4.24. The van der Waals surface area contributed by atoms with Crippen molar-refractivity contribution in [2.75, 3.05) is 11.9 Å². The molecule has 0 aliphatic heterocycles. The van der Waals surface area contributed by atoms with Crippen molar-refractivity contribution in [2.45, 2.75) is 19.6 Å². The largest absolute Gasteiger partial charge is 0.487 e. The van der Waals surface area contributed by atoms with Crippen molar-refractivity contribution in [3.8, 4) is 5.75 Å². The first-order chi connectivity index (χ1) is 17.3. The Morgan fingerprint density at radius 3 is 2.50 bits per heavy atom. The van der Waals surface area contributed by atoms with Crippen LogP contribution in [0.5, 0.6) is 5.75 Å². The molecular formula is C27H24Cl2N4O3. The monoisotopic (exact) mass is 522 g/mol. The Morgan fingerprint density at radius 2 is 1.78 bits per heavy atom. The van der Waals surface area contributed by atoms with E-state index in [0.717, 1.165) is 16.6 Å². The maximum absolute atomic E-state index is 13.0. The average molecular weight is 523 g/mol. The highest BCUT2D eigenvalue weighted by Crippen LogP contribution is 2.35. The molecule has 0 saturated carbocycles. The van der Waals surface area contributed by atoms with E-state index in [1.54, 1.807) is 36.4 Å². The van der Waals surface area contributed by atoms with Gasteiger partial charge in [0, 0.05) is 28.7 Å². The number of halogens is 2. The fourth-order valence-corrected chi connectivity index (χ4v) is 4.36. The molecule has 9 heteroatoms. The third-order valence-electron chi connectivity index (χ3n) is 5.71. The van der Waals surface area contributed by atoms with Crippen LogP contribution in [0.4, 0.5) is 10.5 Å². The van der Waals surface area contributed by atoms with Gasteiger partial charge in [-0.25, -0.2) is 9.78 Å². The predicted octanol–water partition coefficient (Wildman–Crippen LogP) is 5.80. The van der Waals surface area contributed by atoms with Crippen molar-refractivity contribution >= 4 is 51.7 Å². The smallest absolute Gasteiger partial charge is 0.322 e. The maximum atomic E-state index is 13.0. The second kappa shape index (κ2) is 10.8. The third-order valence-corrected chi connectivity index (χ3v) is 6.49. The Hall–Kier alpha value is -3.81. The second-order valence-corrected chi connectivity index (χ2v) is 8.97. The summed E-state index contributed by atoms with van der Waals surface area (Å²) in [6, 6.07) is 20.0. The Morgan fingerprint density at radius 1 is 1.03 bits per heavy atom. The number of anilines is 1. The lowest BCUT2D eigenvalue weighted by Gasteiger charge is -2.24. The molecule has 4 rings (SSSR count). The lowest BCUT2D eigenvalue weighted by molar-refractivity contribution is -0.119. The van der Waals surface area contributed by atoms with Gasteiger partial charge < -0.3 is 15.8 Å². The molecule has 1 aromatic heterocycles. The van der Waals surface area contributed by atoms with Crippen LogP contribution in [0.15, 0.2) is 72.8 Å². The van der Waals surface area contributed by atoms with Crippen LogP contribution in [0.1, 0.15) is 22.9 Å². The maximum Gasteiger partial charge on any atom is 0.322 e. The van der Waals surface area contributed by atoms with Crippen molar-refractivity contribution in [1.29, 1.82) is 0 Å². The van der Waals surface area contributed by atoms with Gasteiger partial charge in [0.1, 0.15) is 23.9 Å². The van der Waals surface area contributed by atoms with Gasteiger partial charge in [-0.1, -0.05) is 71.7 Å². The highest BCUT2D eigenvalue weighted by Gasteiger charge is 2.24. The quantitative estimate of drug-likeness (QED) is 0.320. The van der Waals surface area contributed by atoms with Crippen molar-refractivity contribution in [1.82, 2.24) is 10.3 Å². The Labute approximate surface area is 218 Å². The molecule has 3 N–H and O–H groups in total. The number of nitrogens with one attached hydrogen (secondary N) is 1. The van der Waals surface area contributed by atoms with Gasteiger partial charge in [-0.2, -0.15) is 0 Å². The molecule has 3 amide bonds. The van der Waals surface area contributed by atoms with E-state index in [4.69, 9.17) is 33.7 Å². The van der Waals surface area contributed by atoms with Gasteiger partial charge in [-0.05, 0) is 36.8 Å². The zero-order valence-electron chi connectivity index (χ0n) is 19.7. The summed E-state index contributed by atoms with van der Waals surface area (Å²) in [5.74, 6) is -0.0924. The molecule has 36 heavy (non-hydrogen) atoms. The summed E-state index contributed by atoms with van der Waals surface area (Å²) in [6.45, 7) is 1.97. The molecule has 0 aliphatic rings. The molecule has 7 nitrogen and oxygen atoms in total. The number of urea groups is 1. The van der Waals surface area contributed by atoms with E-state index in [9.17, 15) is 9.59 Å². The number of ether oxygens (including phenoxy) is 1. The van der Waals surface area contributed by atoms with Crippen molar-refractivity contribution < 1.29 is 14.3 Å². The van der Waals surface area contributed by atoms with Gasteiger partial charge in [-0.15, -0.1) is 0 Å². The van der Waals surface area contributed by atoms with E-state index >= 15 is 0 Å². The van der Waals surface area contributed by atoms with Crippen LogP contribution in [0.3, 0.4) is 0 Å². The minimum absolute atomic E-state index is 0.0592. The minimum Gasteiger partial charge on any atom is -0.487 e. The Balaban J connectivity index is 1.56. The number of hydrogen-bond acceptors (Lipinski definition) is 4. The molecule has 1 atom stereocenters. The first kappa shape index (κ1) is 25.3. The SMILES string of the molecule is Cc1ccc2cccc(OCc3c(Cl)ccc(N(C)C(=O)NC(C(N)=O)c4ccccc4)c3Cl)c2n1. The van der Waals surface area contributed by atoms with Crippen molar-refractivity contribution in [3.05, 3.63) is 99.7 Å². The van der Waals surface area contributed by atoms with E-state index in [0.29, 0.717) is 27.6 Å². The van der Waals surface area contributed by atoms with E-state index in [-0.39, 0.29) is 11.6 Å². The first-order valence-corrected chi connectivity index (χ1v) is 11.9. The fraction of sp³-hybridized carbons (Fsp3) is 0.148. The summed E-state index contributed by atoms with van der Waals surface area (Å²) < 4.78 is 6.06. The fourth-order valence-electron chi connectivity index (χ4n) is 3.75. The first-order valence-electron chi connectivity index (χ1n) is 11.1. The summed E-state index contributed by atoms with van der Waals surface area (Å²) in [5.41, 5.74) is 8.61. The number of hydrogen-bond donors (Lipinski definition) is 2. The van der Waals surface area contributed by atoms with E-state index in [1.165, 1.54) is 11.9 Å². The number of benzene rings is 3. The van der Waals surface area contributed by atoms with Crippen LogP contribution >= 0.6 is 23.2 Å². The molecule has 1 heterocycles. The van der Waals surface area contributed by atoms with Crippen LogP contribution in [-0.2, 0) is 11.4 Å². The number of pyridine rings is 1. The van der Waals surface area contributed by atoms with Gasteiger partial charge in [0.25, 0.3) is 0 Å². The van der Waals surface area contributed by atoms with Crippen LogP contribution in [-0.4, -0.2) is 24.0 Å². The molecule has 0 bridgehead atoms. The molecule has 0 aliphatic carbocycles. The van der Waals surface area contributed by atoms with Crippen LogP contribution < -0.4 is 20.7 Å². The van der Waals surface area contributed by atoms with Gasteiger partial charge in [0.15, 0.2) is 0 Å². The number of amides is 3. The van der Waals surface area contributed by atoms with Gasteiger partial charge in [0.2, 0.25) is 5.91 Å². The number of carbonyl (C=O) groups is 2. The summed E-state index contributed by atoms with van der Waals surface area (Å²) in [6.07, 6.45) is 0. The third kappa shape index (κ3) is 5.37. The number of nitrogens with zero attached hydrogens (tertiary/aromatic N) is 2. The zero-order valence-corrected chi connectivity index (χ0v) is 21.2. The van der Waals surface area contributed by atoms with Crippen LogP contribution in [0.2, 0.25) is 10.0 Å². The zero-order chi connectivity index (χ0) is 25.8. The Kier molecular flexibility index (Phi) is 7.62. The topological polar surface area (TPSA) is 97.5 Å². The summed E-state index contributed by atoms with van der Waals surface area (Å²) in [4.78, 5) is 30.9. The highest BCUT2D eigenvalue weighted by atomic mass is 35.5. The van der Waals surface area contributed by atoms with Crippen LogP contribution in [0, 0.1) is 6.92 Å². The average Bonchev–Trinajstić information content (AvgIpc) is 2.87. The number of carbonyl (C=O) groups excluding carboxylic acids is 2. The predicted molar refractivity (Wildman–Crippen MR) is 143 cm³/mol. The number of fused-ring (bicyclic) bond motifs is 1. The molecule has 3 aromatic carbocycles. The van der Waals surface area contributed by atoms with E-state index in [2.05, 4.69) is 10.3 Å². The number of nitrogens with two attached hydrogens (primary N) is 1. The Bertz CT molecular complexity index is 1430. The normalized spacial score (nSPS) is 11.7. The van der Waals surface area contributed by atoms with Gasteiger partial charge in [0.05, 0.1) is 10.7 Å². The van der Waals surface area contributed by atoms with E-state index in [1.807, 2.05) is 43.3 Å². The number of para-hydroxylation sites is 1. The standard InChI is InChI=1S/C27H24Cl2N4O3/c1-16-11-12-18-9-6-10-22(24(18)31-16)36-15-19-20(28)13-14-21(23(19)29)33(2)27(35)32-25(26(30)34)17-7-4-3-5-8-17/h3-14,25H,15H2,1-2H3,(H2,30,34)(H,32,35). The van der Waals surface area contributed by atoms with Crippen molar-refractivity contribution in [3.63, 3.8) is 0 Å². The number of rotatable bonds is 7. The van der Waals surface area contributed by atoms with Crippen molar-refractivity contribution in [2.24, 2.45) is 5.73 Å². The number of primary amides is 1. The molecule has 0 radical (unpaired) electrons. The molecule has 0 spiro atoms. The second-order valence-electron chi connectivity index (χ2n) is 8.18. The molecule has 0 saturated heterocycles. The van der Waals surface area contributed by atoms with Crippen LogP contribution in [0.25, 0.3) is 10.9 Å². The molecule has 4 aromatic rings. The van der Waals surface area contributed by atoms with Gasteiger partial charge >= 0.3 is 6.03 Å². The summed E-state index contributed by atoms with van der Waals surface area (Å²) in [7, 11) is 1.54. The minimum atomic E-state index is -1.00. The lowest BCUT2D eigenvalue weighted by atomic mass is 10.1. The molecule has 0 fully saturated rings. The molecule has 184 valence electrons. The number of aryl methyl sites for hydroxylation is 1. The lowest BCUT2D eigenvalue weighted by Crippen LogP contribution is -2.44.